The summed E-state index contributed by atoms with van der Waals surface area (Å²) in [5, 5.41) is -1.08. The van der Waals surface area contributed by atoms with Gasteiger partial charge in [0, 0.05) is 17.5 Å². The lowest BCUT2D eigenvalue weighted by molar-refractivity contribution is -0.140. The van der Waals surface area contributed by atoms with E-state index in [1.165, 1.54) is 0 Å². The monoisotopic (exact) mass is 648 g/mol. The van der Waals surface area contributed by atoms with Crippen LogP contribution in [-0.2, 0) is 16.0 Å². The Morgan fingerprint density at radius 3 is 2.05 bits per heavy atom. The number of carbonyl (C=O) groups excluding carboxylic acids is 1. The molecule has 3 nitrogen and oxygen atoms in total. The molecule has 0 aliphatic carbocycles. The molecule has 0 saturated carbocycles. The Kier molecular flexibility index (Phi) is 10.3. The maximum absolute atomic E-state index is 14.9. The molecule has 2 rings (SSSR count). The third-order valence-corrected chi connectivity index (χ3v) is 7.51. The Balaban J connectivity index is 2.46. The number of allylic oxidation sites excluding steroid dienone is 1. The van der Waals surface area contributed by atoms with Crippen LogP contribution in [0.5, 0.6) is 0 Å². The van der Waals surface area contributed by atoms with E-state index in [2.05, 4.69) is 0 Å². The minimum Gasteiger partial charge on any atom is -0.294 e. The summed E-state index contributed by atoms with van der Waals surface area (Å²) in [5.41, 5.74) is -5.14. The summed E-state index contributed by atoms with van der Waals surface area (Å²) in [5.74, 6) is -14.6. The number of carbonyl (C=O) groups is 1. The molecule has 0 aliphatic heterocycles. The van der Waals surface area contributed by atoms with E-state index in [0.717, 1.165) is 6.92 Å². The van der Waals surface area contributed by atoms with Gasteiger partial charge in [-0.1, -0.05) is 30.7 Å². The number of alkyl halides is 9. The Hall–Kier alpha value is -2.75. The van der Waals surface area contributed by atoms with Gasteiger partial charge in [-0.05, 0) is 35.8 Å². The molecule has 0 aromatic heterocycles. The van der Waals surface area contributed by atoms with E-state index >= 15 is 0 Å². The van der Waals surface area contributed by atoms with E-state index in [1.807, 2.05) is 0 Å². The molecule has 0 spiro atoms. The van der Waals surface area contributed by atoms with Crippen molar-refractivity contribution in [2.24, 2.45) is 5.92 Å². The molecule has 2 aromatic carbocycles. The molecule has 2 atom stereocenters. The number of halogens is 13. The first kappa shape index (κ1) is 34.5. The van der Waals surface area contributed by atoms with Crippen LogP contribution in [0.4, 0.5) is 52.7 Å². The highest BCUT2D eigenvalue weighted by Crippen LogP contribution is 2.41. The molecule has 0 fully saturated rings. The van der Waals surface area contributed by atoms with E-state index in [9.17, 15) is 65.9 Å². The molecule has 0 N–H and O–H groups in total. The third kappa shape index (κ3) is 9.65. The zero-order valence-electron chi connectivity index (χ0n) is 20.3. The Morgan fingerprint density at radius 1 is 0.976 bits per heavy atom. The highest BCUT2D eigenvalue weighted by Gasteiger charge is 2.41. The van der Waals surface area contributed by atoms with Crippen molar-refractivity contribution in [3.05, 3.63) is 75.3 Å². The van der Waals surface area contributed by atoms with Crippen LogP contribution in [0.3, 0.4) is 0 Å². The predicted molar refractivity (Wildman–Crippen MR) is 124 cm³/mol. The van der Waals surface area contributed by atoms with Crippen molar-refractivity contribution in [3.63, 3.8) is 0 Å². The molecule has 2 aromatic rings. The first-order valence-electron chi connectivity index (χ1n) is 11.0. The van der Waals surface area contributed by atoms with Gasteiger partial charge in [0.25, 0.3) is 0 Å². The van der Waals surface area contributed by atoms with E-state index in [0.29, 0.717) is 18.2 Å². The maximum Gasteiger partial charge on any atom is 0.417 e. The Morgan fingerprint density at radius 2 is 1.56 bits per heavy atom. The second-order valence-corrected chi connectivity index (χ2v) is 11.5. The van der Waals surface area contributed by atoms with Crippen LogP contribution in [-0.4, -0.2) is 38.1 Å². The predicted octanol–water partition coefficient (Wildman–Crippen LogP) is 8.48. The topological polar surface area (TPSA) is 51.2 Å². The van der Waals surface area contributed by atoms with Gasteiger partial charge in [0.15, 0.2) is 27.3 Å². The van der Waals surface area contributed by atoms with Crippen molar-refractivity contribution in [2.75, 3.05) is 11.5 Å². The third-order valence-electron chi connectivity index (χ3n) is 5.39. The number of rotatable bonds is 9. The van der Waals surface area contributed by atoms with Gasteiger partial charge < -0.3 is 0 Å². The van der Waals surface area contributed by atoms with Gasteiger partial charge in [0.1, 0.15) is 17.5 Å². The first-order chi connectivity index (χ1) is 18.4. The largest absolute Gasteiger partial charge is 0.417 e. The average Bonchev–Trinajstić information content (AvgIpc) is 2.76. The molecule has 0 heterocycles. The SMILES string of the molecule is C[C@@H](CC(=O)c1ccc(/C(F)=C/C(c2cc(F)c(F)c(Cl)c2)C(F)(F)F)cc1C(F)(F)F)CS(=O)(=O)CC(F)(F)F. The molecule has 0 radical (unpaired) electrons. The van der Waals surface area contributed by atoms with Crippen molar-refractivity contribution in [3.8, 4) is 0 Å². The van der Waals surface area contributed by atoms with Crippen LogP contribution in [0.15, 0.2) is 36.4 Å². The number of hydrogen-bond donors (Lipinski definition) is 0. The molecule has 1 unspecified atom stereocenters. The molecule has 0 saturated heterocycles. The molecular weight excluding hydrogens is 632 g/mol. The highest BCUT2D eigenvalue weighted by molar-refractivity contribution is 7.91. The standard InChI is InChI=1S/C24H17ClF12O3S/c1-11(9-41(39,40)10-22(29,30)31)4-20(38)14-3-2-12(5-16(14)24(35,36)37)18(26)8-15(23(32,33)34)13-6-17(25)21(28)19(27)7-13/h2-3,5-8,11,15H,4,9-10H2,1H3/b18-8-/t11-,15?/m0/s1. The zero-order chi connectivity index (χ0) is 31.7. The van der Waals surface area contributed by atoms with Crippen molar-refractivity contribution in [1.82, 2.24) is 0 Å². The van der Waals surface area contributed by atoms with Crippen LogP contribution in [0, 0.1) is 17.6 Å². The summed E-state index contributed by atoms with van der Waals surface area (Å²) < 4.78 is 184. The summed E-state index contributed by atoms with van der Waals surface area (Å²) in [6.07, 6.45) is -17.0. The van der Waals surface area contributed by atoms with Gasteiger partial charge in [0.2, 0.25) is 0 Å². The minimum absolute atomic E-state index is 0.00418. The second kappa shape index (κ2) is 12.2. The summed E-state index contributed by atoms with van der Waals surface area (Å²) in [6, 6.07) is 1.33. The molecule has 17 heteroatoms. The number of hydrogen-bond acceptors (Lipinski definition) is 3. The van der Waals surface area contributed by atoms with Crippen molar-refractivity contribution in [2.45, 2.75) is 37.8 Å². The van der Waals surface area contributed by atoms with Gasteiger partial charge in [0.05, 0.1) is 16.3 Å². The van der Waals surface area contributed by atoms with E-state index in [-0.39, 0.29) is 18.2 Å². The molecule has 0 amide bonds. The molecular formula is C24H17ClF12O3S. The van der Waals surface area contributed by atoms with Gasteiger partial charge in [-0.3, -0.25) is 4.79 Å². The average molecular weight is 649 g/mol. The van der Waals surface area contributed by atoms with Crippen LogP contribution in [0.1, 0.15) is 46.3 Å². The van der Waals surface area contributed by atoms with Crippen LogP contribution in [0.25, 0.3) is 5.83 Å². The normalized spacial score (nSPS) is 15.1. The smallest absolute Gasteiger partial charge is 0.294 e. The number of ketones is 1. The summed E-state index contributed by atoms with van der Waals surface area (Å²) >= 11 is 5.35. The van der Waals surface area contributed by atoms with Crippen molar-refractivity contribution < 1.29 is 65.9 Å². The Labute approximate surface area is 229 Å². The lowest BCUT2D eigenvalue weighted by Gasteiger charge is -2.19. The lowest BCUT2D eigenvalue weighted by Crippen LogP contribution is -2.28. The molecule has 41 heavy (non-hydrogen) atoms. The molecule has 228 valence electrons. The van der Waals surface area contributed by atoms with Crippen LogP contribution < -0.4 is 0 Å². The quantitative estimate of drug-likeness (QED) is 0.156. The van der Waals surface area contributed by atoms with Gasteiger partial charge >= 0.3 is 18.5 Å². The zero-order valence-corrected chi connectivity index (χ0v) is 21.9. The van der Waals surface area contributed by atoms with Crippen molar-refractivity contribution >= 4 is 33.0 Å². The van der Waals surface area contributed by atoms with E-state index < -0.39 is 109 Å². The van der Waals surface area contributed by atoms with E-state index in [1.54, 1.807) is 0 Å². The van der Waals surface area contributed by atoms with E-state index in [4.69, 9.17) is 11.6 Å². The molecule has 0 aliphatic rings. The fourth-order valence-corrected chi connectivity index (χ4v) is 5.59. The minimum atomic E-state index is -5.38. The Bertz CT molecular complexity index is 1400. The van der Waals surface area contributed by atoms with Gasteiger partial charge in [-0.2, -0.15) is 39.5 Å². The van der Waals surface area contributed by atoms with Gasteiger partial charge in [-0.25, -0.2) is 21.6 Å². The number of Topliss-reactive ketones (excluding diaryl/α,β-unsaturated/α-hetero) is 1. The second-order valence-electron chi connectivity index (χ2n) is 8.99. The fraction of sp³-hybridized carbons (Fsp3) is 0.375. The van der Waals surface area contributed by atoms with Crippen LogP contribution in [0.2, 0.25) is 5.02 Å². The highest BCUT2D eigenvalue weighted by atomic mass is 35.5. The maximum atomic E-state index is 14.9. The lowest BCUT2D eigenvalue weighted by atomic mass is 9.93. The van der Waals surface area contributed by atoms with Crippen molar-refractivity contribution in [1.29, 1.82) is 0 Å². The summed E-state index contributed by atoms with van der Waals surface area (Å²) in [6.45, 7) is 0.998. The first-order valence-corrected chi connectivity index (χ1v) is 13.2. The number of benzene rings is 2. The molecule has 0 bridgehead atoms. The summed E-state index contributed by atoms with van der Waals surface area (Å²) in [4.78, 5) is 12.5. The number of sulfone groups is 1. The fourth-order valence-electron chi connectivity index (χ4n) is 3.77. The van der Waals surface area contributed by atoms with Gasteiger partial charge in [-0.15, -0.1) is 0 Å². The van der Waals surface area contributed by atoms with Crippen LogP contribution >= 0.6 is 11.6 Å². The summed E-state index contributed by atoms with van der Waals surface area (Å²) in [7, 11) is -4.78.